The van der Waals surface area contributed by atoms with Gasteiger partial charge < -0.3 is 9.47 Å². The fourth-order valence-corrected chi connectivity index (χ4v) is 3.53. The monoisotopic (exact) mass is 368 g/mol. The maximum Gasteiger partial charge on any atom is 0.314 e. The molecule has 1 fully saturated rings. The summed E-state index contributed by atoms with van der Waals surface area (Å²) in [6.45, 7) is 6.26. The van der Waals surface area contributed by atoms with Gasteiger partial charge in [0, 0.05) is 0 Å². The minimum atomic E-state index is -0.202. The molecule has 2 atom stereocenters. The van der Waals surface area contributed by atoms with E-state index in [9.17, 15) is 9.59 Å². The molecule has 1 aromatic rings. The van der Waals surface area contributed by atoms with Crippen molar-refractivity contribution in [3.8, 4) is 5.75 Å². The van der Waals surface area contributed by atoms with E-state index in [1.165, 1.54) is 0 Å². The van der Waals surface area contributed by atoms with Crippen LogP contribution in [-0.2, 0) is 14.3 Å². The van der Waals surface area contributed by atoms with E-state index in [4.69, 9.17) is 9.47 Å². The normalized spacial score (nSPS) is 27.6. The van der Waals surface area contributed by atoms with E-state index < -0.39 is 0 Å². The molecule has 4 nitrogen and oxygen atoms in total. The first-order chi connectivity index (χ1) is 12.9. The van der Waals surface area contributed by atoms with E-state index in [1.54, 1.807) is 0 Å². The number of esters is 2. The number of hydrogen-bond donors (Lipinski definition) is 0. The Bertz CT molecular complexity index is 736. The molecule has 0 N–H and O–H groups in total. The molecule has 27 heavy (non-hydrogen) atoms. The average Bonchev–Trinajstić information content (AvgIpc) is 2.66. The molecule has 0 aromatic heterocycles. The van der Waals surface area contributed by atoms with Gasteiger partial charge in [0.05, 0.1) is 11.8 Å². The van der Waals surface area contributed by atoms with Crippen LogP contribution >= 0.6 is 0 Å². The van der Waals surface area contributed by atoms with Crippen molar-refractivity contribution in [2.75, 3.05) is 0 Å². The minimum Gasteiger partial charge on any atom is -0.427 e. The second-order valence-corrected chi connectivity index (χ2v) is 7.85. The highest BCUT2D eigenvalue weighted by Crippen LogP contribution is 2.32. The van der Waals surface area contributed by atoms with Crippen molar-refractivity contribution in [3.05, 3.63) is 53.8 Å². The molecular weight excluding hydrogens is 340 g/mol. The van der Waals surface area contributed by atoms with Crippen molar-refractivity contribution in [3.63, 3.8) is 0 Å². The lowest BCUT2D eigenvalue weighted by Gasteiger charge is -2.26. The van der Waals surface area contributed by atoms with Crippen LogP contribution < -0.4 is 4.74 Å². The number of ether oxygens (including phenoxy) is 2. The molecule has 3 rings (SSSR count). The molecule has 1 saturated carbocycles. The zero-order valence-electron chi connectivity index (χ0n) is 16.3. The molecule has 4 heteroatoms. The Kier molecular flexibility index (Phi) is 6.15. The Hall–Kier alpha value is -2.36. The summed E-state index contributed by atoms with van der Waals surface area (Å²) in [5.41, 5.74) is 1.13. The van der Waals surface area contributed by atoms with Crippen LogP contribution in [0.1, 0.15) is 45.1 Å². The molecule has 144 valence electrons. The number of rotatable bonds is 4. The fourth-order valence-electron chi connectivity index (χ4n) is 3.53. The maximum atomic E-state index is 12.4. The number of hydrogen-bond acceptors (Lipinski definition) is 4. The molecule has 0 aliphatic heterocycles. The minimum absolute atomic E-state index is 0.141. The molecule has 0 amide bonds. The summed E-state index contributed by atoms with van der Waals surface area (Å²) < 4.78 is 11.0. The van der Waals surface area contributed by atoms with Gasteiger partial charge in [0.15, 0.2) is 0 Å². The Balaban J connectivity index is 1.47. The van der Waals surface area contributed by atoms with Crippen molar-refractivity contribution < 1.29 is 19.1 Å². The highest BCUT2D eigenvalue weighted by molar-refractivity contribution is 5.77. The predicted octanol–water partition coefficient (Wildman–Crippen LogP) is 4.98. The largest absolute Gasteiger partial charge is 0.427 e. The number of benzene rings is 1. The Labute approximate surface area is 161 Å². The van der Waals surface area contributed by atoms with Crippen LogP contribution in [0.5, 0.6) is 5.75 Å². The highest BCUT2D eigenvalue weighted by atomic mass is 16.5. The van der Waals surface area contributed by atoms with Gasteiger partial charge in [-0.15, -0.1) is 0 Å². The summed E-state index contributed by atoms with van der Waals surface area (Å²) in [6.07, 6.45) is 8.61. The number of allylic oxidation sites excluding steroid dienone is 3. The van der Waals surface area contributed by atoms with Crippen LogP contribution in [0.2, 0.25) is 0 Å². The van der Waals surface area contributed by atoms with Gasteiger partial charge in [-0.05, 0) is 68.7 Å². The molecule has 0 heterocycles. The molecule has 0 spiro atoms. The van der Waals surface area contributed by atoms with Gasteiger partial charge in [-0.3, -0.25) is 9.59 Å². The van der Waals surface area contributed by atoms with Gasteiger partial charge in [0.25, 0.3) is 0 Å². The maximum absolute atomic E-state index is 12.4. The third-order valence-electron chi connectivity index (χ3n) is 5.67. The van der Waals surface area contributed by atoms with Crippen molar-refractivity contribution in [1.29, 1.82) is 0 Å². The van der Waals surface area contributed by atoms with Gasteiger partial charge in [-0.1, -0.05) is 37.6 Å². The first-order valence-corrected chi connectivity index (χ1v) is 9.82. The third-order valence-corrected chi connectivity index (χ3v) is 5.67. The Morgan fingerprint density at radius 1 is 0.852 bits per heavy atom. The lowest BCUT2D eigenvalue weighted by molar-refractivity contribution is -0.148. The van der Waals surface area contributed by atoms with E-state index in [2.05, 4.69) is 19.9 Å². The Morgan fingerprint density at radius 2 is 1.41 bits per heavy atom. The molecule has 0 saturated heterocycles. The van der Waals surface area contributed by atoms with Crippen molar-refractivity contribution >= 4 is 11.9 Å². The Morgan fingerprint density at radius 3 is 1.96 bits per heavy atom. The molecule has 0 bridgehead atoms. The summed E-state index contributed by atoms with van der Waals surface area (Å²) in [5.74, 6) is 1.37. The van der Waals surface area contributed by atoms with E-state index in [0.29, 0.717) is 49.0 Å². The summed E-state index contributed by atoms with van der Waals surface area (Å²) in [7, 11) is 0. The second kappa shape index (κ2) is 8.55. The molecule has 2 aliphatic rings. The highest BCUT2D eigenvalue weighted by Gasteiger charge is 2.32. The smallest absolute Gasteiger partial charge is 0.314 e. The summed E-state index contributed by atoms with van der Waals surface area (Å²) >= 11 is 0. The van der Waals surface area contributed by atoms with Crippen LogP contribution in [0.3, 0.4) is 0 Å². The lowest BCUT2D eigenvalue weighted by atomic mass is 9.82. The van der Waals surface area contributed by atoms with Crippen molar-refractivity contribution in [2.45, 2.75) is 46.5 Å². The van der Waals surface area contributed by atoms with Crippen LogP contribution in [-0.4, -0.2) is 11.9 Å². The molecule has 1 aromatic carbocycles. The fraction of sp³-hybridized carbons (Fsp3) is 0.478. The molecular formula is C23H28O4. The van der Waals surface area contributed by atoms with E-state index in [1.807, 2.05) is 43.3 Å². The molecule has 0 radical (unpaired) electrons. The summed E-state index contributed by atoms with van der Waals surface area (Å²) in [5, 5.41) is 0. The van der Waals surface area contributed by atoms with Gasteiger partial charge in [0.1, 0.15) is 11.5 Å². The summed E-state index contributed by atoms with van der Waals surface area (Å²) in [6, 6.07) is 7.46. The quantitative estimate of drug-likeness (QED) is 0.556. The van der Waals surface area contributed by atoms with Gasteiger partial charge >= 0.3 is 11.9 Å². The second-order valence-electron chi connectivity index (χ2n) is 7.85. The lowest BCUT2D eigenvalue weighted by Crippen LogP contribution is -2.29. The van der Waals surface area contributed by atoms with E-state index >= 15 is 0 Å². The van der Waals surface area contributed by atoms with E-state index in [-0.39, 0.29) is 23.8 Å². The van der Waals surface area contributed by atoms with Gasteiger partial charge in [-0.2, -0.15) is 0 Å². The van der Waals surface area contributed by atoms with Crippen LogP contribution in [0.15, 0.2) is 48.3 Å². The predicted molar refractivity (Wildman–Crippen MR) is 104 cm³/mol. The first kappa shape index (κ1) is 19.4. The number of carbonyl (C=O) groups excluding carboxylic acids is 2. The van der Waals surface area contributed by atoms with Crippen LogP contribution in [0.25, 0.3) is 0 Å². The van der Waals surface area contributed by atoms with Crippen molar-refractivity contribution in [1.82, 2.24) is 0 Å². The van der Waals surface area contributed by atoms with Crippen LogP contribution in [0.4, 0.5) is 0 Å². The van der Waals surface area contributed by atoms with Gasteiger partial charge in [-0.25, -0.2) is 0 Å². The van der Waals surface area contributed by atoms with Gasteiger partial charge in [0.2, 0.25) is 0 Å². The summed E-state index contributed by atoms with van der Waals surface area (Å²) in [4.78, 5) is 24.8. The van der Waals surface area contributed by atoms with Crippen molar-refractivity contribution in [2.24, 2.45) is 23.7 Å². The topological polar surface area (TPSA) is 52.6 Å². The van der Waals surface area contributed by atoms with Crippen LogP contribution in [0, 0.1) is 30.6 Å². The first-order valence-electron chi connectivity index (χ1n) is 9.82. The van der Waals surface area contributed by atoms with E-state index in [0.717, 1.165) is 5.56 Å². The zero-order chi connectivity index (χ0) is 19.4. The molecule has 2 unspecified atom stereocenters. The molecule has 2 aliphatic carbocycles. The number of aryl methyl sites for hydroxylation is 1. The number of carbonyl (C=O) groups is 2. The standard InChI is InChI=1S/C23H28O4/c1-15-4-11-20(12-5-15)26-22(24)18-7-9-19(10-8-18)23(25)27-21-13-6-16(2)17(3)14-21/h4-6,11-14,16-19H,7-10H2,1-3H3. The zero-order valence-corrected chi connectivity index (χ0v) is 16.3. The SMILES string of the molecule is Cc1ccc(OC(=O)C2CCC(C(=O)OC3=CC(C)C(C)C=C3)CC2)cc1. The average molecular weight is 368 g/mol. The third kappa shape index (κ3) is 5.09.